The van der Waals surface area contributed by atoms with Crippen molar-refractivity contribution in [2.75, 3.05) is 17.6 Å². The Morgan fingerprint density at radius 2 is 2.23 bits per heavy atom. The first kappa shape index (κ1) is 19.7. The van der Waals surface area contributed by atoms with Crippen LogP contribution in [0.1, 0.15) is 30.6 Å². The number of carboxylic acid groups (broad SMARTS) is 1. The van der Waals surface area contributed by atoms with Gasteiger partial charge >= 0.3 is 5.97 Å². The minimum Gasteiger partial charge on any atom is -0.481 e. The maximum absolute atomic E-state index is 15.2. The molecule has 9 nitrogen and oxygen atoms in total. The lowest BCUT2D eigenvalue weighted by atomic mass is 10.0. The monoisotopic (exact) mass is 415 g/mol. The third-order valence-electron chi connectivity index (χ3n) is 5.06. The van der Waals surface area contributed by atoms with Gasteiger partial charge in [-0.25, -0.2) is 14.2 Å². The largest absolute Gasteiger partial charge is 0.481 e. The average molecular weight is 415 g/mol. The number of nitrogens with two attached hydrogens (primary N) is 1. The van der Waals surface area contributed by atoms with Gasteiger partial charge in [-0.15, -0.1) is 0 Å². The first-order chi connectivity index (χ1) is 14.2. The molecule has 2 aromatic heterocycles. The maximum atomic E-state index is 15.2. The number of hydrogen-bond donors (Lipinski definition) is 3. The normalized spacial score (nSPS) is 14.5. The first-order valence-corrected chi connectivity index (χ1v) is 9.49. The van der Waals surface area contributed by atoms with Crippen molar-refractivity contribution in [2.45, 2.75) is 39.0 Å². The molecule has 1 aromatic carbocycles. The molecule has 0 unspecified atom stereocenters. The second kappa shape index (κ2) is 7.05. The molecule has 0 saturated heterocycles. The van der Waals surface area contributed by atoms with E-state index >= 15 is 4.39 Å². The number of nitrogens with zero attached hydrogens (tertiary/aromatic N) is 3. The molecule has 158 valence electrons. The Morgan fingerprint density at radius 3 is 2.90 bits per heavy atom. The van der Waals surface area contributed by atoms with Crippen molar-refractivity contribution in [3.8, 4) is 5.75 Å². The van der Waals surface area contributed by atoms with E-state index in [0.717, 1.165) is 0 Å². The summed E-state index contributed by atoms with van der Waals surface area (Å²) < 4.78 is 24.8. The first-order valence-electron chi connectivity index (χ1n) is 9.49. The van der Waals surface area contributed by atoms with Crippen LogP contribution in [0.2, 0.25) is 0 Å². The highest BCUT2D eigenvalue weighted by molar-refractivity contribution is 6.03. The molecule has 0 radical (unpaired) electrons. The molecule has 1 aliphatic rings. The molecule has 0 bridgehead atoms. The SMILES string of the molecule is CC1(C)Cn2cc(C(=O)O)c(=O)c3c(N)c(F)c(NCCCn4ccnc4)c(c32)O1. The molecule has 0 amide bonds. The molecule has 0 atom stereocenters. The lowest BCUT2D eigenvalue weighted by Crippen LogP contribution is -2.39. The molecular formula is C20H22FN5O4. The van der Waals surface area contributed by atoms with Gasteiger partial charge in [-0.05, 0) is 20.3 Å². The fraction of sp³-hybridized carbons (Fsp3) is 0.350. The van der Waals surface area contributed by atoms with E-state index in [1.165, 1.54) is 6.20 Å². The minimum atomic E-state index is -1.39. The van der Waals surface area contributed by atoms with Gasteiger partial charge in [-0.2, -0.15) is 0 Å². The number of nitrogen functional groups attached to an aromatic ring is 1. The van der Waals surface area contributed by atoms with Gasteiger partial charge in [0.1, 0.15) is 16.9 Å². The summed E-state index contributed by atoms with van der Waals surface area (Å²) in [6.07, 6.45) is 7.16. The number of halogens is 1. The second-order valence-electron chi connectivity index (χ2n) is 7.90. The van der Waals surface area contributed by atoms with Crippen LogP contribution in [0.4, 0.5) is 15.8 Å². The number of benzene rings is 1. The molecular weight excluding hydrogens is 393 g/mol. The number of carboxylic acids is 1. The minimum absolute atomic E-state index is 0.0645. The van der Waals surface area contributed by atoms with Crippen LogP contribution < -0.4 is 21.2 Å². The number of rotatable bonds is 6. The van der Waals surface area contributed by atoms with Crippen LogP contribution in [0.5, 0.6) is 5.75 Å². The summed E-state index contributed by atoms with van der Waals surface area (Å²) in [6, 6.07) is 0. The van der Waals surface area contributed by atoms with Gasteiger partial charge < -0.3 is 30.0 Å². The van der Waals surface area contributed by atoms with Gasteiger partial charge in [-0.3, -0.25) is 4.79 Å². The lowest BCUT2D eigenvalue weighted by Gasteiger charge is -2.35. The van der Waals surface area contributed by atoms with Crippen molar-refractivity contribution < 1.29 is 19.0 Å². The maximum Gasteiger partial charge on any atom is 0.341 e. The van der Waals surface area contributed by atoms with E-state index in [9.17, 15) is 14.7 Å². The van der Waals surface area contributed by atoms with E-state index in [1.54, 1.807) is 30.9 Å². The van der Waals surface area contributed by atoms with Gasteiger partial charge in [0.2, 0.25) is 5.43 Å². The van der Waals surface area contributed by atoms with Gasteiger partial charge in [0.25, 0.3) is 0 Å². The summed E-state index contributed by atoms with van der Waals surface area (Å²) in [5.74, 6) is -2.06. The van der Waals surface area contributed by atoms with Crippen molar-refractivity contribution in [2.24, 2.45) is 0 Å². The van der Waals surface area contributed by atoms with Gasteiger partial charge in [0, 0.05) is 31.7 Å². The molecule has 4 N–H and O–H groups in total. The Balaban J connectivity index is 1.81. The fourth-order valence-corrected chi connectivity index (χ4v) is 3.77. The van der Waals surface area contributed by atoms with Crippen LogP contribution >= 0.6 is 0 Å². The number of carbonyl (C=O) groups is 1. The van der Waals surface area contributed by atoms with Crippen molar-refractivity contribution >= 4 is 28.2 Å². The molecule has 0 fully saturated rings. The van der Waals surface area contributed by atoms with Crippen LogP contribution in [0.15, 0.2) is 29.7 Å². The summed E-state index contributed by atoms with van der Waals surface area (Å²) in [6.45, 7) is 5.00. The molecule has 4 rings (SSSR count). The van der Waals surface area contributed by atoms with Crippen molar-refractivity contribution in [3.63, 3.8) is 0 Å². The summed E-state index contributed by atoms with van der Waals surface area (Å²) in [5.41, 5.74) is 3.89. The van der Waals surface area contributed by atoms with Crippen molar-refractivity contribution in [1.82, 2.24) is 14.1 Å². The van der Waals surface area contributed by atoms with Crippen LogP contribution in [0, 0.1) is 5.82 Å². The van der Waals surface area contributed by atoms with Gasteiger partial charge in [0.15, 0.2) is 11.6 Å². The average Bonchev–Trinajstić information content (AvgIpc) is 3.18. The van der Waals surface area contributed by atoms with Crippen LogP contribution in [0.25, 0.3) is 10.9 Å². The lowest BCUT2D eigenvalue weighted by molar-refractivity contribution is 0.0685. The zero-order valence-electron chi connectivity index (χ0n) is 16.6. The second-order valence-corrected chi connectivity index (χ2v) is 7.90. The number of anilines is 2. The number of imidazole rings is 1. The molecule has 30 heavy (non-hydrogen) atoms. The third kappa shape index (κ3) is 3.23. The van der Waals surface area contributed by atoms with E-state index in [2.05, 4.69) is 10.3 Å². The summed E-state index contributed by atoms with van der Waals surface area (Å²) in [7, 11) is 0. The Hall–Kier alpha value is -3.56. The molecule has 10 heteroatoms. The summed E-state index contributed by atoms with van der Waals surface area (Å²) >= 11 is 0. The third-order valence-corrected chi connectivity index (χ3v) is 5.06. The van der Waals surface area contributed by atoms with E-state index in [0.29, 0.717) is 25.0 Å². The number of nitrogens with one attached hydrogen (secondary N) is 1. The Kier molecular flexibility index (Phi) is 4.64. The number of aromatic nitrogens is 3. The predicted octanol–water partition coefficient (Wildman–Crippen LogP) is 2.29. The fourth-order valence-electron chi connectivity index (χ4n) is 3.77. The molecule has 1 aliphatic heterocycles. The van der Waals surface area contributed by atoms with E-state index in [4.69, 9.17) is 10.5 Å². The van der Waals surface area contributed by atoms with E-state index in [-0.39, 0.29) is 23.4 Å². The van der Waals surface area contributed by atoms with Crippen molar-refractivity contribution in [3.05, 3.63) is 46.5 Å². The summed E-state index contributed by atoms with van der Waals surface area (Å²) in [4.78, 5) is 28.2. The van der Waals surface area contributed by atoms with Crippen LogP contribution in [-0.4, -0.2) is 37.3 Å². The number of hydrogen-bond acceptors (Lipinski definition) is 6. The van der Waals surface area contributed by atoms with Gasteiger partial charge in [-0.1, -0.05) is 0 Å². The zero-order chi connectivity index (χ0) is 21.6. The quantitative estimate of drug-likeness (QED) is 0.417. The Morgan fingerprint density at radius 1 is 1.47 bits per heavy atom. The standard InChI is InChI=1S/C20H22FN5O4/c1-20(2)9-26-8-11(19(28)29)17(27)12-14(22)13(21)15(18(30-20)16(12)26)24-4-3-6-25-7-5-23-10-25/h5,7-8,10,24H,3-4,6,9,22H2,1-2H3,(H,28,29). The Labute approximate surface area is 170 Å². The zero-order valence-corrected chi connectivity index (χ0v) is 16.6. The number of ether oxygens (including phenoxy) is 1. The molecule has 0 spiro atoms. The molecule has 3 aromatic rings. The molecule has 3 heterocycles. The Bertz CT molecular complexity index is 1200. The smallest absolute Gasteiger partial charge is 0.341 e. The van der Waals surface area contributed by atoms with Crippen LogP contribution in [0.3, 0.4) is 0 Å². The number of aryl methyl sites for hydroxylation is 1. The summed E-state index contributed by atoms with van der Waals surface area (Å²) in [5, 5.41) is 12.3. The predicted molar refractivity (Wildman–Crippen MR) is 110 cm³/mol. The van der Waals surface area contributed by atoms with Gasteiger partial charge in [0.05, 0.1) is 29.5 Å². The highest BCUT2D eigenvalue weighted by atomic mass is 19.1. The van der Waals surface area contributed by atoms with E-state index in [1.807, 2.05) is 10.8 Å². The number of pyridine rings is 1. The van der Waals surface area contributed by atoms with E-state index < -0.39 is 34.1 Å². The van der Waals surface area contributed by atoms with Crippen molar-refractivity contribution in [1.29, 1.82) is 0 Å². The number of aromatic carboxylic acids is 1. The van der Waals surface area contributed by atoms with Crippen LogP contribution in [-0.2, 0) is 13.1 Å². The molecule has 0 aliphatic carbocycles. The highest BCUT2D eigenvalue weighted by Crippen LogP contribution is 2.44. The topological polar surface area (TPSA) is 124 Å². The molecule has 0 saturated carbocycles. The highest BCUT2D eigenvalue weighted by Gasteiger charge is 2.34.